The number of carbonyl (C=O) groups excluding carboxylic acids is 1. The molecule has 1 saturated carbocycles. The molecule has 0 aromatic heterocycles. The highest BCUT2D eigenvalue weighted by atomic mass is 16.5. The highest BCUT2D eigenvalue weighted by Crippen LogP contribution is 2.26. The van der Waals surface area contributed by atoms with Crippen LogP contribution in [-0.2, 0) is 9.53 Å². The topological polar surface area (TPSA) is 41.6 Å². The summed E-state index contributed by atoms with van der Waals surface area (Å²) in [7, 11) is 0. The largest absolute Gasteiger partial charge is 0.375 e. The van der Waals surface area contributed by atoms with Crippen molar-refractivity contribution in [2.24, 2.45) is 5.92 Å². The molecule has 1 N–H and O–H groups in total. The second-order valence-electron chi connectivity index (χ2n) is 6.14. The lowest BCUT2D eigenvalue weighted by Gasteiger charge is -2.33. The second kappa shape index (κ2) is 6.48. The van der Waals surface area contributed by atoms with E-state index in [9.17, 15) is 4.79 Å². The number of anilines is 2. The summed E-state index contributed by atoms with van der Waals surface area (Å²) in [5.41, 5.74) is 2.10. The van der Waals surface area contributed by atoms with Crippen molar-refractivity contribution in [3.63, 3.8) is 0 Å². The minimum absolute atomic E-state index is 0.181. The minimum atomic E-state index is 0.181. The molecule has 4 heteroatoms. The van der Waals surface area contributed by atoms with Gasteiger partial charge in [0.25, 0.3) is 0 Å². The molecular weight excluding hydrogens is 264 g/mol. The molecule has 1 aromatic carbocycles. The van der Waals surface area contributed by atoms with Crippen molar-refractivity contribution in [1.29, 1.82) is 0 Å². The third-order valence-electron chi connectivity index (χ3n) is 4.47. The van der Waals surface area contributed by atoms with Crippen LogP contribution in [0.4, 0.5) is 11.4 Å². The lowest BCUT2D eigenvalue weighted by molar-refractivity contribution is -0.119. The minimum Gasteiger partial charge on any atom is -0.375 e. The van der Waals surface area contributed by atoms with E-state index in [0.29, 0.717) is 0 Å². The molecular formula is C17H24N2O2. The molecule has 4 nitrogen and oxygen atoms in total. The van der Waals surface area contributed by atoms with Gasteiger partial charge in [0.2, 0.25) is 5.91 Å². The summed E-state index contributed by atoms with van der Waals surface area (Å²) in [6, 6.07) is 8.18. The first kappa shape index (κ1) is 14.4. The lowest BCUT2D eigenvalue weighted by Crippen LogP contribution is -2.41. The zero-order chi connectivity index (χ0) is 14.7. The Morgan fingerprint density at radius 2 is 1.95 bits per heavy atom. The van der Waals surface area contributed by atoms with Gasteiger partial charge in [0.05, 0.1) is 12.7 Å². The molecule has 1 atom stereocenters. The van der Waals surface area contributed by atoms with Crippen LogP contribution < -0.4 is 10.2 Å². The fraction of sp³-hybridized carbons (Fsp3) is 0.588. The first-order valence-corrected chi connectivity index (χ1v) is 8.00. The molecule has 1 aromatic rings. The number of carbonyl (C=O) groups is 1. The number of hydrogen-bond donors (Lipinski definition) is 1. The quantitative estimate of drug-likeness (QED) is 0.929. The van der Waals surface area contributed by atoms with Gasteiger partial charge in [-0.1, -0.05) is 12.8 Å². The number of ether oxygens (including phenoxy) is 1. The number of morpholine rings is 1. The van der Waals surface area contributed by atoms with Crippen LogP contribution >= 0.6 is 0 Å². The predicted octanol–water partition coefficient (Wildman–Crippen LogP) is 3.04. The molecule has 2 fully saturated rings. The summed E-state index contributed by atoms with van der Waals surface area (Å²) in [5.74, 6) is 0.394. The highest BCUT2D eigenvalue weighted by Gasteiger charge is 2.22. The van der Waals surface area contributed by atoms with Gasteiger partial charge in [-0.25, -0.2) is 0 Å². The molecule has 1 aliphatic carbocycles. The molecule has 114 valence electrons. The Hall–Kier alpha value is -1.55. The third kappa shape index (κ3) is 3.56. The van der Waals surface area contributed by atoms with E-state index in [4.69, 9.17) is 4.74 Å². The standard InChI is InChI=1S/C17H24N2O2/c1-13-12-19(10-11-21-13)16-8-6-15(7-9-16)18-17(20)14-4-2-3-5-14/h6-9,13-14H,2-5,10-12H2,1H3,(H,18,20). The molecule has 1 saturated heterocycles. The van der Waals surface area contributed by atoms with Crippen LogP contribution in [0.5, 0.6) is 0 Å². The van der Waals surface area contributed by atoms with E-state index in [1.165, 1.54) is 18.5 Å². The summed E-state index contributed by atoms with van der Waals surface area (Å²) in [4.78, 5) is 14.4. The normalized spacial score (nSPS) is 23.3. The zero-order valence-electron chi connectivity index (χ0n) is 12.7. The number of amides is 1. The number of hydrogen-bond acceptors (Lipinski definition) is 3. The Kier molecular flexibility index (Phi) is 4.44. The zero-order valence-corrected chi connectivity index (χ0v) is 12.7. The van der Waals surface area contributed by atoms with Gasteiger partial charge in [-0.15, -0.1) is 0 Å². The third-order valence-corrected chi connectivity index (χ3v) is 4.47. The Balaban J connectivity index is 1.59. The van der Waals surface area contributed by atoms with Crippen LogP contribution in [0.1, 0.15) is 32.6 Å². The van der Waals surface area contributed by atoms with Crippen molar-refractivity contribution >= 4 is 17.3 Å². The van der Waals surface area contributed by atoms with Crippen molar-refractivity contribution in [3.05, 3.63) is 24.3 Å². The lowest BCUT2D eigenvalue weighted by atomic mass is 10.1. The van der Waals surface area contributed by atoms with Gasteiger partial charge < -0.3 is 15.0 Å². The van der Waals surface area contributed by atoms with Gasteiger partial charge in [0.15, 0.2) is 0 Å². The fourth-order valence-electron chi connectivity index (χ4n) is 3.24. The van der Waals surface area contributed by atoms with Crippen molar-refractivity contribution in [3.8, 4) is 0 Å². The number of nitrogens with zero attached hydrogens (tertiary/aromatic N) is 1. The average molecular weight is 288 g/mol. The average Bonchev–Trinajstić information content (AvgIpc) is 3.02. The molecule has 1 heterocycles. The fourth-order valence-corrected chi connectivity index (χ4v) is 3.24. The smallest absolute Gasteiger partial charge is 0.227 e. The van der Waals surface area contributed by atoms with Crippen LogP contribution in [-0.4, -0.2) is 31.7 Å². The monoisotopic (exact) mass is 288 g/mol. The van der Waals surface area contributed by atoms with E-state index in [1.54, 1.807) is 0 Å². The molecule has 2 aliphatic rings. The molecule has 0 spiro atoms. The van der Waals surface area contributed by atoms with Crippen LogP contribution in [0.2, 0.25) is 0 Å². The first-order chi connectivity index (χ1) is 10.2. The van der Waals surface area contributed by atoms with Crippen LogP contribution in [0.3, 0.4) is 0 Å². The van der Waals surface area contributed by atoms with Gasteiger partial charge in [-0.05, 0) is 44.0 Å². The summed E-state index contributed by atoms with van der Waals surface area (Å²) in [6.07, 6.45) is 4.73. The summed E-state index contributed by atoms with van der Waals surface area (Å²) < 4.78 is 5.56. The maximum atomic E-state index is 12.1. The first-order valence-electron chi connectivity index (χ1n) is 8.00. The summed E-state index contributed by atoms with van der Waals surface area (Å²) in [6.45, 7) is 4.73. The van der Waals surface area contributed by atoms with Gasteiger partial charge in [-0.3, -0.25) is 4.79 Å². The molecule has 0 radical (unpaired) electrons. The maximum absolute atomic E-state index is 12.1. The Morgan fingerprint density at radius 3 is 2.62 bits per heavy atom. The molecule has 21 heavy (non-hydrogen) atoms. The summed E-state index contributed by atoms with van der Waals surface area (Å²) >= 11 is 0. The Labute approximate surface area is 126 Å². The van der Waals surface area contributed by atoms with Gasteiger partial charge in [-0.2, -0.15) is 0 Å². The van der Waals surface area contributed by atoms with Crippen molar-refractivity contribution in [1.82, 2.24) is 0 Å². The van der Waals surface area contributed by atoms with E-state index in [2.05, 4.69) is 29.3 Å². The number of nitrogens with one attached hydrogen (secondary N) is 1. The van der Waals surface area contributed by atoms with Gasteiger partial charge in [0.1, 0.15) is 0 Å². The maximum Gasteiger partial charge on any atom is 0.227 e. The molecule has 3 rings (SSSR count). The number of benzene rings is 1. The van der Waals surface area contributed by atoms with Gasteiger partial charge in [0, 0.05) is 30.4 Å². The van der Waals surface area contributed by atoms with Crippen molar-refractivity contribution in [2.75, 3.05) is 29.9 Å². The molecule has 0 bridgehead atoms. The van der Waals surface area contributed by atoms with Crippen molar-refractivity contribution in [2.45, 2.75) is 38.7 Å². The SMILES string of the molecule is CC1CN(c2ccc(NC(=O)C3CCCC3)cc2)CCO1. The van der Waals surface area contributed by atoms with Gasteiger partial charge >= 0.3 is 0 Å². The van der Waals surface area contributed by atoms with E-state index >= 15 is 0 Å². The predicted molar refractivity (Wildman–Crippen MR) is 84.7 cm³/mol. The van der Waals surface area contributed by atoms with E-state index in [0.717, 1.165) is 38.2 Å². The molecule has 1 aliphatic heterocycles. The van der Waals surface area contributed by atoms with E-state index in [1.807, 2.05) is 12.1 Å². The van der Waals surface area contributed by atoms with Crippen LogP contribution in [0.25, 0.3) is 0 Å². The molecule has 1 amide bonds. The second-order valence-corrected chi connectivity index (χ2v) is 6.14. The number of rotatable bonds is 3. The molecule has 1 unspecified atom stereocenters. The summed E-state index contributed by atoms with van der Waals surface area (Å²) in [5, 5.41) is 3.04. The highest BCUT2D eigenvalue weighted by molar-refractivity contribution is 5.92. The Morgan fingerprint density at radius 1 is 1.24 bits per heavy atom. The van der Waals surface area contributed by atoms with Crippen LogP contribution in [0.15, 0.2) is 24.3 Å². The van der Waals surface area contributed by atoms with E-state index in [-0.39, 0.29) is 17.9 Å². The van der Waals surface area contributed by atoms with Crippen LogP contribution in [0, 0.1) is 5.92 Å². The van der Waals surface area contributed by atoms with E-state index < -0.39 is 0 Å². The van der Waals surface area contributed by atoms with Crippen molar-refractivity contribution < 1.29 is 9.53 Å². The Bertz CT molecular complexity index is 480.